The van der Waals surface area contributed by atoms with Gasteiger partial charge in [-0.2, -0.15) is 0 Å². The first-order chi connectivity index (χ1) is 3.81. The van der Waals surface area contributed by atoms with Crippen LogP contribution < -0.4 is 0 Å². The Labute approximate surface area is 62.9 Å². The van der Waals surface area contributed by atoms with Crippen LogP contribution in [0.4, 0.5) is 13.2 Å². The first-order valence-electron chi connectivity index (χ1n) is 1.51. The van der Waals surface area contributed by atoms with E-state index in [2.05, 4.69) is 2.52 Å². The van der Waals surface area contributed by atoms with E-state index in [4.69, 9.17) is 0 Å². The zero-order chi connectivity index (χ0) is 7.71. The molecule has 0 amide bonds. The van der Waals surface area contributed by atoms with Gasteiger partial charge in [-0.15, -0.1) is 0 Å². The SMILES string of the molecule is O=S(=O)([O][SnH])C(F)(F)F. The fraction of sp³-hybridized carbons (Fsp3) is 1.00. The zero-order valence-corrected chi connectivity index (χ0v) is 7.96. The van der Waals surface area contributed by atoms with Crippen molar-refractivity contribution in [2.75, 3.05) is 0 Å². The molecule has 2 radical (unpaired) electrons. The summed E-state index contributed by atoms with van der Waals surface area (Å²) < 4.78 is 56.1. The van der Waals surface area contributed by atoms with Crippen molar-refractivity contribution in [3.8, 4) is 0 Å². The van der Waals surface area contributed by atoms with Crippen LogP contribution in [0.2, 0.25) is 0 Å². The summed E-state index contributed by atoms with van der Waals surface area (Å²) in [5, 5.41) is 0. The van der Waals surface area contributed by atoms with Crippen LogP contribution in [-0.4, -0.2) is 36.9 Å². The predicted octanol–water partition coefficient (Wildman–Crippen LogP) is -0.332. The van der Waals surface area contributed by atoms with Crippen LogP contribution in [0.1, 0.15) is 0 Å². The number of hydrogen-bond acceptors (Lipinski definition) is 3. The van der Waals surface area contributed by atoms with Crippen LogP contribution in [0.5, 0.6) is 0 Å². The molecule has 9 heavy (non-hydrogen) atoms. The van der Waals surface area contributed by atoms with Gasteiger partial charge in [0, 0.05) is 0 Å². The third-order valence-electron chi connectivity index (χ3n) is 0.410. The molecule has 0 atom stereocenters. The molecule has 0 N–H and O–H groups in total. The molecule has 0 fully saturated rings. The van der Waals surface area contributed by atoms with E-state index in [9.17, 15) is 21.6 Å². The van der Waals surface area contributed by atoms with E-state index in [1.165, 1.54) is 0 Å². The molecule has 0 spiro atoms. The Morgan fingerprint density at radius 2 is 1.67 bits per heavy atom. The normalized spacial score (nSPS) is 13.8. The van der Waals surface area contributed by atoms with E-state index in [1.54, 1.807) is 0 Å². The van der Waals surface area contributed by atoms with Crippen LogP contribution in [0.3, 0.4) is 0 Å². The van der Waals surface area contributed by atoms with Crippen molar-refractivity contribution in [3.05, 3.63) is 0 Å². The Balaban J connectivity index is 4.57. The summed E-state index contributed by atoms with van der Waals surface area (Å²) in [6, 6.07) is 0. The van der Waals surface area contributed by atoms with Gasteiger partial charge in [-0.1, -0.05) is 0 Å². The third-order valence-corrected chi connectivity index (χ3v) is 3.40. The minimum atomic E-state index is -5.28. The first kappa shape index (κ1) is 9.50. The fourth-order valence-corrected chi connectivity index (χ4v) is 1.10. The van der Waals surface area contributed by atoms with E-state index < -0.39 is 38.6 Å². The van der Waals surface area contributed by atoms with Crippen molar-refractivity contribution in [3.63, 3.8) is 0 Å². The summed E-state index contributed by atoms with van der Waals surface area (Å²) in [5.74, 6) is 0. The van der Waals surface area contributed by atoms with E-state index in [-0.39, 0.29) is 0 Å². The van der Waals surface area contributed by atoms with Gasteiger partial charge in [0.1, 0.15) is 0 Å². The summed E-state index contributed by atoms with van der Waals surface area (Å²) in [7, 11) is -5.28. The number of rotatable bonds is 1. The van der Waals surface area contributed by atoms with Crippen LogP contribution in [0.25, 0.3) is 0 Å². The summed E-state index contributed by atoms with van der Waals surface area (Å²) in [5.41, 5.74) is -5.27. The van der Waals surface area contributed by atoms with Gasteiger partial charge in [-0.3, -0.25) is 0 Å². The molecule has 3 nitrogen and oxygen atoms in total. The molecule has 0 aliphatic rings. The van der Waals surface area contributed by atoms with Gasteiger partial charge in [0.25, 0.3) is 0 Å². The predicted molar refractivity (Wildman–Crippen MR) is 23.2 cm³/mol. The van der Waals surface area contributed by atoms with E-state index in [0.29, 0.717) is 0 Å². The molecule has 0 saturated heterocycles. The Morgan fingerprint density at radius 3 is 1.67 bits per heavy atom. The third kappa shape index (κ3) is 2.30. The molecule has 0 unspecified atom stereocenters. The standard InChI is InChI=1S/CHF3O3S.Sn.H/c2-1(3,4)8(5,6)7;;/h(H,5,6,7);;/q;+1;/p-1. The van der Waals surface area contributed by atoms with Gasteiger partial charge < -0.3 is 0 Å². The van der Waals surface area contributed by atoms with E-state index in [1.807, 2.05) is 0 Å². The summed E-state index contributed by atoms with van der Waals surface area (Å²) in [6.07, 6.45) is 0. The molecule has 0 saturated carbocycles. The molecule has 0 aromatic carbocycles. The number of halogens is 3. The van der Waals surface area contributed by atoms with Crippen molar-refractivity contribution in [2.45, 2.75) is 5.51 Å². The molecule has 0 aromatic rings. The molecule has 0 heterocycles. The van der Waals surface area contributed by atoms with Crippen LogP contribution in [0, 0.1) is 0 Å². The second kappa shape index (κ2) is 2.62. The molecule has 8 heteroatoms. The Kier molecular flexibility index (Phi) is 2.77. The molecule has 0 aromatic heterocycles. The maximum absolute atomic E-state index is 11.1. The summed E-state index contributed by atoms with van der Waals surface area (Å²) in [4.78, 5) is 0. The Hall–Kier alpha value is 0.499. The van der Waals surface area contributed by atoms with Crippen molar-refractivity contribution in [1.82, 2.24) is 0 Å². The molecule has 0 bridgehead atoms. The first-order valence-corrected chi connectivity index (χ1v) is 4.26. The van der Waals surface area contributed by atoms with E-state index in [0.717, 1.165) is 0 Å². The summed E-state index contributed by atoms with van der Waals surface area (Å²) >= 11 is -0.420. The van der Waals surface area contributed by atoms with Gasteiger partial charge >= 0.3 is 62.7 Å². The Bertz CT molecular complexity index is 180. The van der Waals surface area contributed by atoms with Crippen LogP contribution in [-0.2, 0) is 12.6 Å². The van der Waals surface area contributed by atoms with Crippen molar-refractivity contribution in [1.29, 1.82) is 0 Å². The zero-order valence-electron chi connectivity index (χ0n) is 3.84. The van der Waals surface area contributed by atoms with Gasteiger partial charge in [0.15, 0.2) is 0 Å². The molecule has 0 rings (SSSR count). The van der Waals surface area contributed by atoms with Crippen molar-refractivity contribution >= 4 is 33.1 Å². The number of hydrogen-bond donors (Lipinski definition) is 0. The second-order valence-corrected chi connectivity index (χ2v) is 4.21. The number of alkyl halides is 3. The Morgan fingerprint density at radius 1 is 1.33 bits per heavy atom. The van der Waals surface area contributed by atoms with Crippen LogP contribution >= 0.6 is 0 Å². The van der Waals surface area contributed by atoms with Gasteiger partial charge in [0.05, 0.1) is 0 Å². The quantitative estimate of drug-likeness (QED) is 0.483. The average molecular weight is 269 g/mol. The molecule has 0 aliphatic heterocycles. The molecular formula is CHF3O3SSn. The van der Waals surface area contributed by atoms with Crippen molar-refractivity contribution < 1.29 is 24.1 Å². The average Bonchev–Trinajstić information content (AvgIpc) is 1.64. The van der Waals surface area contributed by atoms with Gasteiger partial charge in [0.2, 0.25) is 0 Å². The topological polar surface area (TPSA) is 43.4 Å². The second-order valence-electron chi connectivity index (χ2n) is 0.996. The van der Waals surface area contributed by atoms with E-state index >= 15 is 0 Å². The monoisotopic (exact) mass is 270 g/mol. The molecular weight excluding hydrogens is 268 g/mol. The van der Waals surface area contributed by atoms with Gasteiger partial charge in [-0.25, -0.2) is 0 Å². The fourth-order valence-electron chi connectivity index (χ4n) is 0.0546. The molecule has 54 valence electrons. The molecule has 0 aliphatic carbocycles. The van der Waals surface area contributed by atoms with Crippen LogP contribution in [0.15, 0.2) is 0 Å². The van der Waals surface area contributed by atoms with Crippen molar-refractivity contribution in [2.24, 2.45) is 0 Å². The maximum atomic E-state index is 11.1. The van der Waals surface area contributed by atoms with Gasteiger partial charge in [-0.05, 0) is 0 Å². The summed E-state index contributed by atoms with van der Waals surface area (Å²) in [6.45, 7) is 0. The minimum absolute atomic E-state index is 0.420.